The molecular weight excluding hydrogens is 294 g/mol. The van der Waals surface area contributed by atoms with Crippen molar-refractivity contribution in [2.75, 3.05) is 5.32 Å². The van der Waals surface area contributed by atoms with E-state index in [4.69, 9.17) is 0 Å². The first-order valence-electron chi connectivity index (χ1n) is 7.55. The number of anilines is 1. The van der Waals surface area contributed by atoms with E-state index in [1.54, 1.807) is 19.1 Å². The van der Waals surface area contributed by atoms with E-state index in [2.05, 4.69) is 9.88 Å². The van der Waals surface area contributed by atoms with Crippen LogP contribution in [0.15, 0.2) is 48.8 Å². The molecule has 1 aromatic heterocycles. The summed E-state index contributed by atoms with van der Waals surface area (Å²) in [6.45, 7) is 2.54. The molecule has 0 saturated carbocycles. The van der Waals surface area contributed by atoms with Gasteiger partial charge in [0.05, 0.1) is 4.92 Å². The van der Waals surface area contributed by atoms with Crippen LogP contribution in [-0.2, 0) is 11.3 Å². The molecule has 0 aliphatic rings. The summed E-state index contributed by atoms with van der Waals surface area (Å²) in [5, 5.41) is 13.5. The zero-order chi connectivity index (χ0) is 16.7. The molecule has 23 heavy (non-hydrogen) atoms. The normalized spacial score (nSPS) is 10.3. The number of benzene rings is 1. The van der Waals surface area contributed by atoms with Crippen LogP contribution in [0.1, 0.15) is 24.8 Å². The highest BCUT2D eigenvalue weighted by molar-refractivity contribution is 5.90. The van der Waals surface area contributed by atoms with Crippen LogP contribution >= 0.6 is 0 Å². The first kappa shape index (κ1) is 16.6. The smallest absolute Gasteiger partial charge is 0.272 e. The van der Waals surface area contributed by atoms with Crippen molar-refractivity contribution in [3.63, 3.8) is 0 Å². The van der Waals surface area contributed by atoms with E-state index in [1.165, 1.54) is 6.07 Å². The maximum absolute atomic E-state index is 11.9. The largest absolute Gasteiger partial charge is 0.326 e. The summed E-state index contributed by atoms with van der Waals surface area (Å²) in [6.07, 6.45) is 6.14. The number of aryl methyl sites for hydroxylation is 2. The van der Waals surface area contributed by atoms with Gasteiger partial charge in [-0.15, -0.1) is 0 Å². The van der Waals surface area contributed by atoms with Crippen LogP contribution in [0.5, 0.6) is 0 Å². The molecule has 0 aliphatic carbocycles. The SMILES string of the molecule is Cc1cc(NC(=O)CCCC[n+]2ccccc2)ccc1[N+](=O)[O-]. The molecule has 0 fully saturated rings. The van der Waals surface area contributed by atoms with Gasteiger partial charge in [0.15, 0.2) is 12.4 Å². The number of nitro benzene ring substituents is 1. The van der Waals surface area contributed by atoms with Crippen LogP contribution in [0, 0.1) is 17.0 Å². The van der Waals surface area contributed by atoms with Gasteiger partial charge in [0, 0.05) is 42.3 Å². The van der Waals surface area contributed by atoms with E-state index in [0.29, 0.717) is 17.7 Å². The number of nitro groups is 1. The Kier molecular flexibility index (Phi) is 5.80. The average Bonchev–Trinajstić information content (AvgIpc) is 2.52. The quantitative estimate of drug-likeness (QED) is 0.369. The Morgan fingerprint density at radius 1 is 1.22 bits per heavy atom. The molecule has 6 nitrogen and oxygen atoms in total. The fourth-order valence-corrected chi connectivity index (χ4v) is 2.32. The third kappa shape index (κ3) is 5.18. The zero-order valence-corrected chi connectivity index (χ0v) is 13.1. The molecule has 2 rings (SSSR count). The molecule has 1 N–H and O–H groups in total. The number of nitrogens with zero attached hydrogens (tertiary/aromatic N) is 2. The molecule has 0 radical (unpaired) electrons. The molecule has 6 heteroatoms. The number of amides is 1. The van der Waals surface area contributed by atoms with Gasteiger partial charge in [-0.2, -0.15) is 0 Å². The number of aromatic nitrogens is 1. The molecule has 120 valence electrons. The van der Waals surface area contributed by atoms with Crippen molar-refractivity contribution in [1.29, 1.82) is 0 Å². The van der Waals surface area contributed by atoms with Crippen LogP contribution < -0.4 is 9.88 Å². The number of carbonyl (C=O) groups excluding carboxylic acids is 1. The van der Waals surface area contributed by atoms with Gasteiger partial charge in [0.1, 0.15) is 6.54 Å². The zero-order valence-electron chi connectivity index (χ0n) is 13.1. The van der Waals surface area contributed by atoms with Gasteiger partial charge >= 0.3 is 0 Å². The molecule has 1 heterocycles. The Balaban J connectivity index is 1.76. The number of nitrogens with one attached hydrogen (secondary N) is 1. The van der Waals surface area contributed by atoms with Gasteiger partial charge in [-0.05, 0) is 25.5 Å². The third-order valence-corrected chi connectivity index (χ3v) is 3.52. The molecule has 0 atom stereocenters. The van der Waals surface area contributed by atoms with E-state index < -0.39 is 4.92 Å². The predicted molar refractivity (Wildman–Crippen MR) is 87.0 cm³/mol. The van der Waals surface area contributed by atoms with E-state index >= 15 is 0 Å². The predicted octanol–water partition coefficient (Wildman–Crippen LogP) is 3.00. The highest BCUT2D eigenvalue weighted by Crippen LogP contribution is 2.21. The molecule has 0 bridgehead atoms. The lowest BCUT2D eigenvalue weighted by molar-refractivity contribution is -0.697. The minimum absolute atomic E-state index is 0.0582. The second-order valence-corrected chi connectivity index (χ2v) is 5.38. The number of hydrogen-bond acceptors (Lipinski definition) is 3. The second kappa shape index (κ2) is 8.03. The maximum Gasteiger partial charge on any atom is 0.272 e. The highest BCUT2D eigenvalue weighted by Gasteiger charge is 2.11. The standard InChI is InChI=1S/C17H19N3O3/c1-14-13-15(8-9-16(14)20(22)23)18-17(21)7-3-6-12-19-10-4-2-5-11-19/h2,4-5,8-11,13H,3,6-7,12H2,1H3/p+1. The van der Waals surface area contributed by atoms with Gasteiger partial charge in [-0.3, -0.25) is 14.9 Å². The molecule has 1 aromatic carbocycles. The van der Waals surface area contributed by atoms with Crippen molar-refractivity contribution in [1.82, 2.24) is 0 Å². The van der Waals surface area contributed by atoms with Gasteiger partial charge < -0.3 is 5.32 Å². The Morgan fingerprint density at radius 2 is 1.96 bits per heavy atom. The minimum atomic E-state index is -0.428. The molecule has 2 aromatic rings. The number of unbranched alkanes of at least 4 members (excludes halogenated alkanes) is 1. The maximum atomic E-state index is 11.9. The van der Waals surface area contributed by atoms with Crippen molar-refractivity contribution < 1.29 is 14.3 Å². The molecule has 0 aliphatic heterocycles. The highest BCUT2D eigenvalue weighted by atomic mass is 16.6. The van der Waals surface area contributed by atoms with Crippen LogP contribution in [0.4, 0.5) is 11.4 Å². The summed E-state index contributed by atoms with van der Waals surface area (Å²) >= 11 is 0. The summed E-state index contributed by atoms with van der Waals surface area (Å²) in [7, 11) is 0. The lowest BCUT2D eigenvalue weighted by atomic mass is 10.1. The third-order valence-electron chi connectivity index (χ3n) is 3.52. The summed E-state index contributed by atoms with van der Waals surface area (Å²) in [5.74, 6) is -0.0729. The molecular formula is C17H20N3O3+. The lowest BCUT2D eigenvalue weighted by Crippen LogP contribution is -2.32. The topological polar surface area (TPSA) is 76.1 Å². The number of carbonyl (C=O) groups is 1. The van der Waals surface area contributed by atoms with Crippen molar-refractivity contribution in [3.8, 4) is 0 Å². The van der Waals surface area contributed by atoms with Crippen LogP contribution in [-0.4, -0.2) is 10.8 Å². The number of rotatable bonds is 7. The summed E-state index contributed by atoms with van der Waals surface area (Å²) in [6, 6.07) is 10.5. The van der Waals surface area contributed by atoms with E-state index in [0.717, 1.165) is 19.4 Å². The number of pyridine rings is 1. The average molecular weight is 314 g/mol. The number of hydrogen-bond donors (Lipinski definition) is 1. The fourth-order valence-electron chi connectivity index (χ4n) is 2.32. The summed E-state index contributed by atoms with van der Waals surface area (Å²) in [5.41, 5.74) is 1.19. The Labute approximate surface area is 134 Å². The van der Waals surface area contributed by atoms with Crippen LogP contribution in [0.25, 0.3) is 0 Å². The first-order valence-corrected chi connectivity index (χ1v) is 7.55. The van der Waals surface area contributed by atoms with Crippen molar-refractivity contribution in [2.45, 2.75) is 32.7 Å². The van der Waals surface area contributed by atoms with Gasteiger partial charge in [-0.25, -0.2) is 4.57 Å². The van der Waals surface area contributed by atoms with E-state index in [1.807, 2.05) is 30.6 Å². The van der Waals surface area contributed by atoms with Gasteiger partial charge in [-0.1, -0.05) is 6.07 Å². The Hall–Kier alpha value is -2.76. The summed E-state index contributed by atoms with van der Waals surface area (Å²) < 4.78 is 2.08. The molecule has 0 saturated heterocycles. The van der Waals surface area contributed by atoms with Crippen LogP contribution in [0.2, 0.25) is 0 Å². The van der Waals surface area contributed by atoms with Crippen LogP contribution in [0.3, 0.4) is 0 Å². The minimum Gasteiger partial charge on any atom is -0.326 e. The van der Waals surface area contributed by atoms with Crippen molar-refractivity contribution in [2.24, 2.45) is 0 Å². The fraction of sp³-hybridized carbons (Fsp3) is 0.294. The summed E-state index contributed by atoms with van der Waals surface area (Å²) in [4.78, 5) is 22.2. The van der Waals surface area contributed by atoms with Gasteiger partial charge in [0.2, 0.25) is 5.91 Å². The Morgan fingerprint density at radius 3 is 2.61 bits per heavy atom. The Bertz CT molecular complexity index is 687. The molecule has 0 spiro atoms. The van der Waals surface area contributed by atoms with Gasteiger partial charge in [0.25, 0.3) is 5.69 Å². The van der Waals surface area contributed by atoms with Crippen molar-refractivity contribution in [3.05, 3.63) is 64.5 Å². The van der Waals surface area contributed by atoms with E-state index in [-0.39, 0.29) is 11.6 Å². The van der Waals surface area contributed by atoms with Crippen molar-refractivity contribution >= 4 is 17.3 Å². The lowest BCUT2D eigenvalue weighted by Gasteiger charge is -2.06. The molecule has 1 amide bonds. The first-order chi connectivity index (χ1) is 11.1. The molecule has 0 unspecified atom stereocenters. The monoisotopic (exact) mass is 314 g/mol. The second-order valence-electron chi connectivity index (χ2n) is 5.38. The van der Waals surface area contributed by atoms with E-state index in [9.17, 15) is 14.9 Å².